The number of nitrogens with zero attached hydrogens (tertiary/aromatic N) is 4. The third kappa shape index (κ3) is 7.77. The Morgan fingerprint density at radius 1 is 1.06 bits per heavy atom. The molecule has 1 N–H and O–H groups in total. The molecule has 3 aromatic rings. The van der Waals surface area contributed by atoms with Gasteiger partial charge in [-0.3, -0.25) is 24.3 Å². The number of aromatic nitrogens is 1. The van der Waals surface area contributed by atoms with Crippen LogP contribution in [0.1, 0.15) is 82.7 Å². The smallest absolute Gasteiger partial charge is 0.265 e. The molecule has 2 aromatic heterocycles. The number of rotatable bonds is 8. The number of hydrogen-bond acceptors (Lipinski definition) is 7. The summed E-state index contributed by atoms with van der Waals surface area (Å²) in [6, 6.07) is 12.1. The van der Waals surface area contributed by atoms with Crippen molar-refractivity contribution in [1.82, 2.24) is 19.7 Å². The van der Waals surface area contributed by atoms with E-state index in [1.165, 1.54) is 11.3 Å². The minimum atomic E-state index is -0.987. The maximum Gasteiger partial charge on any atom is 0.265 e. The highest BCUT2D eigenvalue weighted by molar-refractivity contribution is 7.14. The molecule has 0 unspecified atom stereocenters. The SMILES string of the molecule is Cc1ccc(NC(=O)Cc2cc(C(C)(C)C)sc2C(=O)N2CCN(C(C)C)C(=O)C2(C)C)cc1-c1ccc(CN2CCOCC2)nc1.[HH].[HH]. The summed E-state index contributed by atoms with van der Waals surface area (Å²) in [4.78, 5) is 53.2. The number of thiophene rings is 1. The van der Waals surface area contributed by atoms with Gasteiger partial charge in [0.05, 0.1) is 30.2 Å². The summed E-state index contributed by atoms with van der Waals surface area (Å²) in [6.45, 7) is 21.0. The molecule has 256 valence electrons. The van der Waals surface area contributed by atoms with Crippen molar-refractivity contribution < 1.29 is 22.0 Å². The Hall–Kier alpha value is -3.60. The minimum absolute atomic E-state index is 0. The largest absolute Gasteiger partial charge is 0.379 e. The van der Waals surface area contributed by atoms with Gasteiger partial charge in [0, 0.05) is 63.9 Å². The number of anilines is 1. The lowest BCUT2D eigenvalue weighted by Gasteiger charge is -2.47. The number of piperazine rings is 1. The first-order chi connectivity index (χ1) is 22.1. The van der Waals surface area contributed by atoms with E-state index in [4.69, 9.17) is 9.72 Å². The summed E-state index contributed by atoms with van der Waals surface area (Å²) in [5, 5.41) is 3.07. The topological polar surface area (TPSA) is 95.1 Å². The molecule has 1 aromatic carbocycles. The summed E-state index contributed by atoms with van der Waals surface area (Å²) >= 11 is 1.43. The van der Waals surface area contributed by atoms with Crippen LogP contribution < -0.4 is 5.32 Å². The maximum atomic E-state index is 14.1. The molecule has 10 heteroatoms. The van der Waals surface area contributed by atoms with Crippen LogP contribution in [-0.4, -0.2) is 88.4 Å². The zero-order valence-electron chi connectivity index (χ0n) is 29.1. The number of ether oxygens (including phenoxy) is 1. The second kappa shape index (κ2) is 13.9. The van der Waals surface area contributed by atoms with Crippen LogP contribution in [-0.2, 0) is 32.7 Å². The van der Waals surface area contributed by atoms with Crippen molar-refractivity contribution in [3.63, 3.8) is 0 Å². The monoisotopic (exact) mass is 663 g/mol. The lowest BCUT2D eigenvalue weighted by molar-refractivity contribution is -0.148. The molecule has 0 radical (unpaired) electrons. The second-order valence-electron chi connectivity index (χ2n) is 14.5. The van der Waals surface area contributed by atoms with Crippen molar-refractivity contribution in [3.05, 3.63) is 69.2 Å². The summed E-state index contributed by atoms with van der Waals surface area (Å²) in [6.07, 6.45) is 1.95. The first kappa shape index (κ1) is 34.7. The average molecular weight is 664 g/mol. The first-order valence-corrected chi connectivity index (χ1v) is 17.4. The summed E-state index contributed by atoms with van der Waals surface area (Å²) in [5.74, 6) is -0.459. The van der Waals surface area contributed by atoms with Crippen LogP contribution in [0.5, 0.6) is 0 Å². The Labute approximate surface area is 286 Å². The van der Waals surface area contributed by atoms with E-state index in [2.05, 4.69) is 43.1 Å². The van der Waals surface area contributed by atoms with E-state index < -0.39 is 5.54 Å². The van der Waals surface area contributed by atoms with E-state index in [0.717, 1.165) is 60.1 Å². The fourth-order valence-corrected chi connectivity index (χ4v) is 7.38. The Bertz CT molecular complexity index is 1630. The highest BCUT2D eigenvalue weighted by Gasteiger charge is 2.46. The number of hydrogen-bond donors (Lipinski definition) is 1. The molecule has 3 amide bonds. The van der Waals surface area contributed by atoms with Crippen molar-refractivity contribution in [1.29, 1.82) is 0 Å². The van der Waals surface area contributed by atoms with E-state index in [9.17, 15) is 14.4 Å². The first-order valence-electron chi connectivity index (χ1n) is 16.6. The molecule has 5 rings (SSSR count). The van der Waals surface area contributed by atoms with Gasteiger partial charge in [-0.05, 0) is 81.0 Å². The number of aryl methyl sites for hydroxylation is 1. The van der Waals surface area contributed by atoms with Gasteiger partial charge in [0.1, 0.15) is 5.54 Å². The van der Waals surface area contributed by atoms with Crippen molar-refractivity contribution in [2.75, 3.05) is 44.7 Å². The lowest BCUT2D eigenvalue weighted by Crippen LogP contribution is -2.65. The Morgan fingerprint density at radius 2 is 1.79 bits per heavy atom. The zero-order valence-corrected chi connectivity index (χ0v) is 29.9. The molecule has 9 nitrogen and oxygen atoms in total. The van der Waals surface area contributed by atoms with Gasteiger partial charge in [0.25, 0.3) is 5.91 Å². The molecular formula is C37H53N5O4S. The Balaban J connectivity index is 0.00000325. The van der Waals surface area contributed by atoms with Gasteiger partial charge >= 0.3 is 0 Å². The van der Waals surface area contributed by atoms with Gasteiger partial charge in [-0.1, -0.05) is 32.9 Å². The number of carbonyl (C=O) groups excluding carboxylic acids is 3. The molecule has 0 saturated carbocycles. The van der Waals surface area contributed by atoms with Crippen molar-refractivity contribution in [2.45, 2.75) is 85.4 Å². The molecule has 2 aliphatic heterocycles. The van der Waals surface area contributed by atoms with Gasteiger partial charge in [-0.15, -0.1) is 11.3 Å². The van der Waals surface area contributed by atoms with Crippen LogP contribution in [0.3, 0.4) is 0 Å². The Kier molecular flexibility index (Phi) is 10.2. The molecule has 2 saturated heterocycles. The predicted octanol–water partition coefficient (Wildman–Crippen LogP) is 6.39. The highest BCUT2D eigenvalue weighted by atomic mass is 32.1. The molecule has 2 fully saturated rings. The van der Waals surface area contributed by atoms with Crippen LogP contribution in [0.4, 0.5) is 5.69 Å². The van der Waals surface area contributed by atoms with Crippen LogP contribution >= 0.6 is 11.3 Å². The molecule has 0 atom stereocenters. The summed E-state index contributed by atoms with van der Waals surface area (Å²) in [7, 11) is 0. The third-order valence-electron chi connectivity index (χ3n) is 9.13. The van der Waals surface area contributed by atoms with E-state index in [0.29, 0.717) is 29.2 Å². The van der Waals surface area contributed by atoms with Gasteiger partial charge in [0.2, 0.25) is 11.8 Å². The molecular weight excluding hydrogens is 611 g/mol. The van der Waals surface area contributed by atoms with E-state index >= 15 is 0 Å². The van der Waals surface area contributed by atoms with Crippen LogP contribution in [0.25, 0.3) is 11.1 Å². The quantitative estimate of drug-likeness (QED) is 0.300. The normalized spacial score (nSPS) is 17.3. The maximum absolute atomic E-state index is 14.1. The van der Waals surface area contributed by atoms with Crippen LogP contribution in [0.2, 0.25) is 0 Å². The predicted molar refractivity (Wildman–Crippen MR) is 192 cm³/mol. The van der Waals surface area contributed by atoms with Crippen molar-refractivity contribution in [3.8, 4) is 11.1 Å². The number of morpholine rings is 1. The summed E-state index contributed by atoms with van der Waals surface area (Å²) < 4.78 is 5.45. The number of amides is 3. The van der Waals surface area contributed by atoms with Gasteiger partial charge in [-0.25, -0.2) is 0 Å². The second-order valence-corrected chi connectivity index (χ2v) is 15.6. The lowest BCUT2D eigenvalue weighted by atomic mass is 9.93. The fraction of sp³-hybridized carbons (Fsp3) is 0.514. The average Bonchev–Trinajstić information content (AvgIpc) is 3.44. The fourth-order valence-electron chi connectivity index (χ4n) is 6.19. The highest BCUT2D eigenvalue weighted by Crippen LogP contribution is 2.36. The zero-order chi connectivity index (χ0) is 34.1. The van der Waals surface area contributed by atoms with Gasteiger partial charge < -0.3 is 19.9 Å². The summed E-state index contributed by atoms with van der Waals surface area (Å²) in [5.41, 5.74) is 4.27. The molecule has 4 heterocycles. The number of pyridine rings is 1. The molecule has 47 heavy (non-hydrogen) atoms. The van der Waals surface area contributed by atoms with Crippen LogP contribution in [0, 0.1) is 6.92 Å². The molecule has 0 spiro atoms. The van der Waals surface area contributed by atoms with E-state index in [1.54, 1.807) is 4.90 Å². The van der Waals surface area contributed by atoms with E-state index in [1.807, 2.05) is 70.0 Å². The van der Waals surface area contributed by atoms with Gasteiger partial charge in [-0.2, -0.15) is 0 Å². The van der Waals surface area contributed by atoms with Crippen molar-refractivity contribution in [2.24, 2.45) is 0 Å². The number of benzene rings is 1. The number of nitrogens with one attached hydrogen (secondary N) is 1. The van der Waals surface area contributed by atoms with Crippen LogP contribution in [0.15, 0.2) is 42.6 Å². The molecule has 2 aliphatic rings. The van der Waals surface area contributed by atoms with Crippen molar-refractivity contribution >= 4 is 34.7 Å². The van der Waals surface area contributed by atoms with Gasteiger partial charge in [0.15, 0.2) is 0 Å². The number of carbonyl (C=O) groups is 3. The molecule has 0 aliphatic carbocycles. The third-order valence-corrected chi connectivity index (χ3v) is 10.7. The van der Waals surface area contributed by atoms with E-state index in [-0.39, 0.29) is 38.5 Å². The minimum Gasteiger partial charge on any atom is -0.379 e. The standard InChI is InChI=1S/C37H49N5O4S.2H2/c1-24(2)41-13-14-42(37(7,8)35(41)45)34(44)33-27(19-31(47-33)36(4,5)6)20-32(43)39-28-11-9-25(3)30(21-28)26-10-12-29(38-22-26)23-40-15-17-46-18-16-40;;/h9-12,19,21-22,24H,13-18,20,23H2,1-8H3,(H,39,43);2*1H. The Morgan fingerprint density at radius 3 is 2.43 bits per heavy atom. The molecule has 0 bridgehead atoms.